The average molecular weight is 447 g/mol. The summed E-state index contributed by atoms with van der Waals surface area (Å²) in [5.74, 6) is -0.504. The highest BCUT2D eigenvalue weighted by Gasteiger charge is 2.42. The topological polar surface area (TPSA) is 82.6 Å². The number of Topliss-reactive ketones (excluding diaryl/α,β-unsaturated/α-hetero) is 1. The Morgan fingerprint density at radius 2 is 1.85 bits per heavy atom. The number of hydrogen-bond donors (Lipinski definition) is 2. The van der Waals surface area contributed by atoms with Gasteiger partial charge >= 0.3 is 0 Å². The molecule has 0 saturated heterocycles. The number of ketones is 1. The number of nitrogens with zero attached hydrogens (tertiary/aromatic N) is 1. The molecule has 3 aromatic rings. The van der Waals surface area contributed by atoms with Crippen molar-refractivity contribution in [2.24, 2.45) is 0 Å². The maximum atomic E-state index is 13.0. The fourth-order valence-corrected chi connectivity index (χ4v) is 4.49. The molecule has 0 fully saturated rings. The van der Waals surface area contributed by atoms with Crippen LogP contribution in [0.4, 0.5) is 0 Å². The highest BCUT2D eigenvalue weighted by atomic mass is 16.5. The smallest absolute Gasteiger partial charge is 0.290 e. The second-order valence-corrected chi connectivity index (χ2v) is 9.57. The summed E-state index contributed by atoms with van der Waals surface area (Å²) in [4.78, 5) is 30.3. The lowest BCUT2D eigenvalue weighted by Gasteiger charge is -2.27. The van der Waals surface area contributed by atoms with Crippen LogP contribution in [0.2, 0.25) is 0 Å². The second kappa shape index (κ2) is 8.43. The highest BCUT2D eigenvalue weighted by Crippen LogP contribution is 2.38. The predicted molar refractivity (Wildman–Crippen MR) is 128 cm³/mol. The third-order valence-corrected chi connectivity index (χ3v) is 6.37. The number of fused-ring (bicyclic) bond motifs is 1. The number of amides is 1. The number of ether oxygens (including phenoxy) is 1. The lowest BCUT2D eigenvalue weighted by molar-refractivity contribution is -0.129. The molecule has 1 aliphatic rings. The zero-order valence-corrected chi connectivity index (χ0v) is 19.7. The van der Waals surface area contributed by atoms with Crippen LogP contribution in [0.15, 0.2) is 60.0 Å². The van der Waals surface area contributed by atoms with E-state index < -0.39 is 17.7 Å². The van der Waals surface area contributed by atoms with Gasteiger partial charge in [0.25, 0.3) is 5.91 Å². The molecule has 0 spiro atoms. The summed E-state index contributed by atoms with van der Waals surface area (Å²) in [6.07, 6.45) is 2.49. The Balaban J connectivity index is 1.66. The molecule has 2 aromatic carbocycles. The maximum Gasteiger partial charge on any atom is 0.290 e. The molecule has 0 aliphatic carbocycles. The van der Waals surface area contributed by atoms with Crippen LogP contribution in [0.25, 0.3) is 10.9 Å². The fourth-order valence-electron chi connectivity index (χ4n) is 4.49. The summed E-state index contributed by atoms with van der Waals surface area (Å²) in [6.45, 7) is 8.16. The van der Waals surface area contributed by atoms with Gasteiger partial charge in [-0.15, -0.1) is 0 Å². The first-order chi connectivity index (χ1) is 15.6. The number of aromatic nitrogens is 1. The van der Waals surface area contributed by atoms with E-state index in [1.54, 1.807) is 12.0 Å². The van der Waals surface area contributed by atoms with Crippen LogP contribution < -0.4 is 4.74 Å². The molecule has 1 aromatic heterocycles. The number of aliphatic hydroxyl groups excluding tert-OH is 1. The maximum absolute atomic E-state index is 13.0. The number of nitrogens with one attached hydrogen (secondary N) is 1. The van der Waals surface area contributed by atoms with Crippen LogP contribution in [0.3, 0.4) is 0 Å². The molecule has 1 amide bonds. The molecule has 0 saturated carbocycles. The molecule has 4 rings (SSSR count). The monoisotopic (exact) mass is 446 g/mol. The predicted octanol–water partition coefficient (Wildman–Crippen LogP) is 5.00. The van der Waals surface area contributed by atoms with Crippen molar-refractivity contribution in [3.8, 4) is 5.75 Å². The fraction of sp³-hybridized carbons (Fsp3) is 0.333. The first-order valence-electron chi connectivity index (χ1n) is 11.1. The van der Waals surface area contributed by atoms with Gasteiger partial charge in [-0.25, -0.2) is 0 Å². The van der Waals surface area contributed by atoms with Gasteiger partial charge in [0.05, 0.1) is 18.7 Å². The summed E-state index contributed by atoms with van der Waals surface area (Å²) in [5, 5.41) is 11.6. The van der Waals surface area contributed by atoms with Gasteiger partial charge < -0.3 is 19.7 Å². The Hall–Kier alpha value is -3.54. The van der Waals surface area contributed by atoms with Gasteiger partial charge in [-0.1, -0.05) is 45.0 Å². The van der Waals surface area contributed by atoms with E-state index in [1.165, 1.54) is 6.92 Å². The molecule has 1 unspecified atom stereocenters. The summed E-state index contributed by atoms with van der Waals surface area (Å²) < 4.78 is 5.35. The van der Waals surface area contributed by atoms with Crippen LogP contribution >= 0.6 is 0 Å². The van der Waals surface area contributed by atoms with Crippen LogP contribution in [0, 0.1) is 0 Å². The molecule has 2 N–H and O–H groups in total. The van der Waals surface area contributed by atoms with Gasteiger partial charge in [0.15, 0.2) is 11.5 Å². The van der Waals surface area contributed by atoms with Crippen molar-refractivity contribution < 1.29 is 19.4 Å². The minimum absolute atomic E-state index is 0.0124. The SMILES string of the molecule is COc1ccc2[nH]cc(CCN3C(=O)C(O)=C(C(C)=O)C3c3ccc(C(C)(C)C)cc3)c2c1. The number of aliphatic hydroxyl groups is 1. The molecule has 6 nitrogen and oxygen atoms in total. The third-order valence-electron chi connectivity index (χ3n) is 6.37. The second-order valence-electron chi connectivity index (χ2n) is 9.57. The van der Waals surface area contributed by atoms with E-state index in [4.69, 9.17) is 4.74 Å². The summed E-state index contributed by atoms with van der Waals surface area (Å²) in [7, 11) is 1.63. The number of benzene rings is 2. The molecule has 0 radical (unpaired) electrons. The number of rotatable bonds is 6. The number of hydrogen-bond acceptors (Lipinski definition) is 4. The van der Waals surface area contributed by atoms with Crippen molar-refractivity contribution in [2.45, 2.75) is 45.6 Å². The zero-order valence-electron chi connectivity index (χ0n) is 19.7. The molecule has 1 aliphatic heterocycles. The summed E-state index contributed by atoms with van der Waals surface area (Å²) >= 11 is 0. The Kier molecular flexibility index (Phi) is 5.78. The van der Waals surface area contributed by atoms with E-state index in [0.717, 1.165) is 33.3 Å². The van der Waals surface area contributed by atoms with E-state index in [-0.39, 0.29) is 16.8 Å². The number of aromatic amines is 1. The van der Waals surface area contributed by atoms with Gasteiger partial charge in [-0.2, -0.15) is 0 Å². The highest BCUT2D eigenvalue weighted by molar-refractivity contribution is 6.08. The number of methoxy groups -OCH3 is 1. The van der Waals surface area contributed by atoms with Crippen LogP contribution in [0.5, 0.6) is 5.75 Å². The zero-order chi connectivity index (χ0) is 23.9. The van der Waals surface area contributed by atoms with E-state index in [2.05, 4.69) is 25.8 Å². The molecule has 33 heavy (non-hydrogen) atoms. The number of carbonyl (C=O) groups excluding carboxylic acids is 2. The Bertz CT molecular complexity index is 1250. The Morgan fingerprint density at radius 3 is 2.45 bits per heavy atom. The standard InChI is InChI=1S/C27H30N2O4/c1-16(30)23-24(17-6-8-19(9-7-17)27(2,3)4)29(26(32)25(23)31)13-12-18-15-28-22-11-10-20(33-5)14-21(18)22/h6-11,14-15,24,28,31H,12-13H2,1-5H3. The van der Waals surface area contributed by atoms with Gasteiger partial charge in [-0.05, 0) is 53.6 Å². The lowest BCUT2D eigenvalue weighted by Crippen LogP contribution is -2.33. The van der Waals surface area contributed by atoms with Crippen LogP contribution in [-0.2, 0) is 21.4 Å². The van der Waals surface area contributed by atoms with E-state index >= 15 is 0 Å². The minimum Gasteiger partial charge on any atom is -0.503 e. The molecular formula is C27H30N2O4. The quantitative estimate of drug-likeness (QED) is 0.558. The normalized spacial score (nSPS) is 16.7. The lowest BCUT2D eigenvalue weighted by atomic mass is 9.85. The number of H-pyrrole nitrogens is 1. The van der Waals surface area contributed by atoms with Gasteiger partial charge in [-0.3, -0.25) is 9.59 Å². The van der Waals surface area contributed by atoms with E-state index in [0.29, 0.717) is 13.0 Å². The van der Waals surface area contributed by atoms with Gasteiger partial charge in [0, 0.05) is 23.6 Å². The minimum atomic E-state index is -0.608. The first-order valence-corrected chi connectivity index (χ1v) is 11.1. The van der Waals surface area contributed by atoms with Crippen molar-refractivity contribution in [1.29, 1.82) is 0 Å². The largest absolute Gasteiger partial charge is 0.503 e. The van der Waals surface area contributed by atoms with E-state index in [1.807, 2.05) is 48.7 Å². The van der Waals surface area contributed by atoms with E-state index in [9.17, 15) is 14.7 Å². The van der Waals surface area contributed by atoms with Crippen molar-refractivity contribution in [3.05, 3.63) is 76.7 Å². The Labute approximate surface area is 193 Å². The molecule has 0 bridgehead atoms. The van der Waals surface area contributed by atoms with Crippen molar-refractivity contribution >= 4 is 22.6 Å². The van der Waals surface area contributed by atoms with Crippen molar-refractivity contribution in [2.75, 3.05) is 13.7 Å². The molecule has 172 valence electrons. The van der Waals surface area contributed by atoms with Gasteiger partial charge in [0.2, 0.25) is 0 Å². The molecule has 1 atom stereocenters. The molecule has 2 heterocycles. The summed E-state index contributed by atoms with van der Waals surface area (Å²) in [5.41, 5.74) is 4.14. The van der Waals surface area contributed by atoms with Crippen LogP contribution in [0.1, 0.15) is 50.4 Å². The Morgan fingerprint density at radius 1 is 1.15 bits per heavy atom. The molecular weight excluding hydrogens is 416 g/mol. The summed E-state index contributed by atoms with van der Waals surface area (Å²) in [6, 6.07) is 13.2. The van der Waals surface area contributed by atoms with Gasteiger partial charge in [0.1, 0.15) is 5.75 Å². The average Bonchev–Trinajstić information content (AvgIpc) is 3.29. The third kappa shape index (κ3) is 4.13. The first kappa shape index (κ1) is 22.6. The van der Waals surface area contributed by atoms with Crippen molar-refractivity contribution in [1.82, 2.24) is 9.88 Å². The van der Waals surface area contributed by atoms with Crippen molar-refractivity contribution in [3.63, 3.8) is 0 Å². The number of carbonyl (C=O) groups is 2. The van der Waals surface area contributed by atoms with Crippen LogP contribution in [-0.4, -0.2) is 40.3 Å². The molecule has 6 heteroatoms.